The first-order chi connectivity index (χ1) is 14.2. The Labute approximate surface area is 169 Å². The molecule has 0 bridgehead atoms. The molecule has 3 aromatic heterocycles. The van der Waals surface area contributed by atoms with Gasteiger partial charge in [0.2, 0.25) is 5.91 Å². The summed E-state index contributed by atoms with van der Waals surface area (Å²) in [5.74, 6) is 0.0707. The van der Waals surface area contributed by atoms with Crippen LogP contribution in [-0.4, -0.2) is 32.3 Å². The number of aromatic amines is 1. The Balaban J connectivity index is 1.60. The highest BCUT2D eigenvalue weighted by molar-refractivity contribution is 5.86. The molecule has 5 nitrogen and oxygen atoms in total. The lowest BCUT2D eigenvalue weighted by Gasteiger charge is -2.35. The van der Waals surface area contributed by atoms with Crippen molar-refractivity contribution in [3.05, 3.63) is 95.2 Å². The normalized spacial score (nSPS) is 16.0. The smallest absolute Gasteiger partial charge is 0.229 e. The molecule has 0 radical (unpaired) electrons. The number of carbonyl (C=O) groups is 1. The number of carbonyl (C=O) groups excluding carboxylic acids is 1. The first-order valence-electron chi connectivity index (χ1n) is 9.93. The summed E-state index contributed by atoms with van der Waals surface area (Å²) in [5.41, 5.74) is 6.10. The predicted molar refractivity (Wildman–Crippen MR) is 112 cm³/mol. The third-order valence-corrected chi connectivity index (χ3v) is 5.60. The summed E-state index contributed by atoms with van der Waals surface area (Å²) in [5, 5.41) is 1.23. The SMILES string of the molecule is Cc1cccc([C@@H]2c3[nH]c4ccccc4c3CCN2C(=O)Cc2ccccn2)n1. The summed E-state index contributed by atoms with van der Waals surface area (Å²) >= 11 is 0. The molecular formula is C24H22N4O. The van der Waals surface area contributed by atoms with Gasteiger partial charge in [-0.15, -0.1) is 0 Å². The Morgan fingerprint density at radius 2 is 1.97 bits per heavy atom. The fourth-order valence-corrected chi connectivity index (χ4v) is 4.29. The molecule has 1 amide bonds. The number of fused-ring (bicyclic) bond motifs is 3. The van der Waals surface area contributed by atoms with Crippen LogP contribution in [0.2, 0.25) is 0 Å². The molecule has 5 rings (SSSR count). The average Bonchev–Trinajstić information content (AvgIpc) is 3.12. The van der Waals surface area contributed by atoms with E-state index in [4.69, 9.17) is 4.98 Å². The summed E-state index contributed by atoms with van der Waals surface area (Å²) in [6.45, 7) is 2.65. The molecule has 0 saturated heterocycles. The number of pyridine rings is 2. The van der Waals surface area contributed by atoms with Gasteiger partial charge in [0.25, 0.3) is 0 Å². The summed E-state index contributed by atoms with van der Waals surface area (Å²) in [6.07, 6.45) is 2.85. The van der Waals surface area contributed by atoms with E-state index in [9.17, 15) is 4.79 Å². The summed E-state index contributed by atoms with van der Waals surface area (Å²) in [7, 11) is 0. The molecule has 4 aromatic rings. The van der Waals surface area contributed by atoms with Gasteiger partial charge in [-0.25, -0.2) is 0 Å². The second-order valence-corrected chi connectivity index (χ2v) is 7.50. The van der Waals surface area contributed by atoms with Crippen molar-refractivity contribution >= 4 is 16.8 Å². The molecule has 1 aliphatic heterocycles. The van der Waals surface area contributed by atoms with Crippen LogP contribution >= 0.6 is 0 Å². The van der Waals surface area contributed by atoms with E-state index >= 15 is 0 Å². The van der Waals surface area contributed by atoms with Crippen LogP contribution < -0.4 is 0 Å². The van der Waals surface area contributed by atoms with E-state index in [-0.39, 0.29) is 11.9 Å². The van der Waals surface area contributed by atoms with E-state index in [1.54, 1.807) is 6.20 Å². The number of aromatic nitrogens is 3. The van der Waals surface area contributed by atoms with Gasteiger partial charge in [-0.1, -0.05) is 30.3 Å². The number of nitrogens with one attached hydrogen (secondary N) is 1. The molecule has 144 valence electrons. The third-order valence-electron chi connectivity index (χ3n) is 5.60. The average molecular weight is 382 g/mol. The second-order valence-electron chi connectivity index (χ2n) is 7.50. The van der Waals surface area contributed by atoms with Crippen LogP contribution in [0, 0.1) is 6.92 Å². The van der Waals surface area contributed by atoms with Crippen molar-refractivity contribution in [3.63, 3.8) is 0 Å². The lowest BCUT2D eigenvalue weighted by molar-refractivity contribution is -0.132. The van der Waals surface area contributed by atoms with Gasteiger partial charge in [0, 0.05) is 40.7 Å². The summed E-state index contributed by atoms with van der Waals surface area (Å²) < 4.78 is 0. The zero-order valence-electron chi connectivity index (χ0n) is 16.3. The highest BCUT2D eigenvalue weighted by Gasteiger charge is 2.35. The topological polar surface area (TPSA) is 61.9 Å². The van der Waals surface area contributed by atoms with E-state index in [1.165, 1.54) is 10.9 Å². The molecule has 0 spiro atoms. The van der Waals surface area contributed by atoms with Crippen LogP contribution in [0.4, 0.5) is 0 Å². The maximum atomic E-state index is 13.3. The Morgan fingerprint density at radius 3 is 2.79 bits per heavy atom. The number of benzene rings is 1. The highest BCUT2D eigenvalue weighted by Crippen LogP contribution is 2.38. The molecule has 0 fully saturated rings. The van der Waals surface area contributed by atoms with Crippen LogP contribution in [0.25, 0.3) is 10.9 Å². The molecule has 29 heavy (non-hydrogen) atoms. The lowest BCUT2D eigenvalue weighted by Crippen LogP contribution is -2.41. The van der Waals surface area contributed by atoms with Crippen molar-refractivity contribution in [2.24, 2.45) is 0 Å². The van der Waals surface area contributed by atoms with Gasteiger partial charge in [0.1, 0.15) is 6.04 Å². The van der Waals surface area contributed by atoms with E-state index in [0.717, 1.165) is 34.7 Å². The molecule has 0 unspecified atom stereocenters. The van der Waals surface area contributed by atoms with Crippen LogP contribution in [0.3, 0.4) is 0 Å². The number of rotatable bonds is 3. The molecule has 1 aliphatic rings. The van der Waals surface area contributed by atoms with Gasteiger partial charge >= 0.3 is 0 Å². The Kier molecular flexibility index (Phi) is 4.35. The second kappa shape index (κ2) is 7.17. The zero-order chi connectivity index (χ0) is 19.8. The van der Waals surface area contributed by atoms with Gasteiger partial charge in [0.15, 0.2) is 0 Å². The van der Waals surface area contributed by atoms with Crippen molar-refractivity contribution in [2.75, 3.05) is 6.54 Å². The van der Waals surface area contributed by atoms with Crippen molar-refractivity contribution in [1.29, 1.82) is 0 Å². The quantitative estimate of drug-likeness (QED) is 0.583. The minimum atomic E-state index is -0.220. The summed E-state index contributed by atoms with van der Waals surface area (Å²) in [4.78, 5) is 28.0. The van der Waals surface area contributed by atoms with Gasteiger partial charge in [-0.3, -0.25) is 14.8 Å². The number of hydrogen-bond donors (Lipinski definition) is 1. The van der Waals surface area contributed by atoms with E-state index < -0.39 is 0 Å². The van der Waals surface area contributed by atoms with Gasteiger partial charge in [-0.2, -0.15) is 0 Å². The van der Waals surface area contributed by atoms with Gasteiger partial charge < -0.3 is 9.88 Å². The first-order valence-corrected chi connectivity index (χ1v) is 9.93. The molecule has 1 aromatic carbocycles. The van der Waals surface area contributed by atoms with E-state index in [1.807, 2.05) is 54.3 Å². The largest absolute Gasteiger partial charge is 0.356 e. The molecule has 0 saturated carbocycles. The van der Waals surface area contributed by atoms with Crippen molar-refractivity contribution in [3.8, 4) is 0 Å². The van der Waals surface area contributed by atoms with Gasteiger partial charge in [0.05, 0.1) is 12.1 Å². The minimum absolute atomic E-state index is 0.0707. The van der Waals surface area contributed by atoms with Crippen LogP contribution in [-0.2, 0) is 17.6 Å². The predicted octanol–water partition coefficient (Wildman–Crippen LogP) is 3.98. The molecule has 1 atom stereocenters. The number of para-hydroxylation sites is 1. The Hall–Kier alpha value is -3.47. The molecular weight excluding hydrogens is 360 g/mol. The number of nitrogens with zero attached hydrogens (tertiary/aromatic N) is 3. The van der Waals surface area contributed by atoms with Crippen LogP contribution in [0.15, 0.2) is 66.9 Å². The third kappa shape index (κ3) is 3.18. The monoisotopic (exact) mass is 382 g/mol. The number of amides is 1. The maximum Gasteiger partial charge on any atom is 0.229 e. The molecule has 5 heteroatoms. The first kappa shape index (κ1) is 17.6. The number of hydrogen-bond acceptors (Lipinski definition) is 3. The molecule has 1 N–H and O–H groups in total. The summed E-state index contributed by atoms with van der Waals surface area (Å²) in [6, 6.07) is 19.8. The lowest BCUT2D eigenvalue weighted by atomic mass is 9.94. The maximum absolute atomic E-state index is 13.3. The van der Waals surface area contributed by atoms with Crippen molar-refractivity contribution in [2.45, 2.75) is 25.8 Å². The zero-order valence-corrected chi connectivity index (χ0v) is 16.3. The number of H-pyrrole nitrogens is 1. The van der Waals surface area contributed by atoms with E-state index in [2.05, 4.69) is 28.2 Å². The standard InChI is InChI=1S/C24H22N4O/c1-16-7-6-11-21(26-16)24-23-19(18-9-2-3-10-20(18)27-23)12-14-28(24)22(29)15-17-8-4-5-13-25-17/h2-11,13,24,27H,12,14-15H2,1H3/t24-/m1/s1. The Bertz CT molecular complexity index is 1180. The fourth-order valence-electron chi connectivity index (χ4n) is 4.29. The van der Waals surface area contributed by atoms with Crippen molar-refractivity contribution < 1.29 is 4.79 Å². The molecule has 4 heterocycles. The van der Waals surface area contributed by atoms with Crippen molar-refractivity contribution in [1.82, 2.24) is 19.9 Å². The fraction of sp³-hybridized carbons (Fsp3) is 0.208. The highest BCUT2D eigenvalue weighted by atomic mass is 16.2. The number of aryl methyl sites for hydroxylation is 1. The minimum Gasteiger partial charge on any atom is -0.356 e. The van der Waals surface area contributed by atoms with Crippen LogP contribution in [0.1, 0.15) is 34.4 Å². The van der Waals surface area contributed by atoms with Crippen LogP contribution in [0.5, 0.6) is 0 Å². The van der Waals surface area contributed by atoms with Gasteiger partial charge in [-0.05, 0) is 49.2 Å². The molecule has 0 aliphatic carbocycles. The van der Waals surface area contributed by atoms with E-state index in [0.29, 0.717) is 13.0 Å². The Morgan fingerprint density at radius 1 is 1.10 bits per heavy atom.